The summed E-state index contributed by atoms with van der Waals surface area (Å²) in [6.07, 6.45) is 9.79. The van der Waals surface area contributed by atoms with Crippen molar-refractivity contribution in [3.05, 3.63) is 0 Å². The number of nitrogens with one attached hydrogen (secondary N) is 1. The summed E-state index contributed by atoms with van der Waals surface area (Å²) in [4.78, 5) is 2.72. The largest absolute Gasteiger partial charge is 0.370 e. The first-order valence-electron chi connectivity index (χ1n) is 9.21. The minimum atomic E-state index is 0.290. The Kier molecular flexibility index (Phi) is 4.92. The van der Waals surface area contributed by atoms with Gasteiger partial charge in [0, 0.05) is 31.7 Å². The normalized spacial score (nSPS) is 36.9. The average Bonchev–Trinajstić information content (AvgIpc) is 3.03. The number of hydrogen-bond donors (Lipinski definition) is 1. The van der Waals surface area contributed by atoms with E-state index < -0.39 is 0 Å². The molecule has 3 nitrogen and oxygen atoms in total. The van der Waals surface area contributed by atoms with Crippen LogP contribution in [0, 0.1) is 5.92 Å². The summed E-state index contributed by atoms with van der Waals surface area (Å²) in [6.45, 7) is 10.5. The molecule has 2 heterocycles. The molecule has 3 unspecified atom stereocenters. The van der Waals surface area contributed by atoms with E-state index >= 15 is 0 Å². The predicted octanol–water partition coefficient (Wildman–Crippen LogP) is 3.19. The fourth-order valence-electron chi connectivity index (χ4n) is 4.70. The number of nitrogens with zero attached hydrogens (tertiary/aromatic N) is 1. The van der Waals surface area contributed by atoms with Gasteiger partial charge in [0.2, 0.25) is 0 Å². The van der Waals surface area contributed by atoms with Crippen LogP contribution in [0.2, 0.25) is 0 Å². The number of ether oxygens (including phenoxy) is 1. The summed E-state index contributed by atoms with van der Waals surface area (Å²) < 4.78 is 6.54. The molecule has 3 atom stereocenters. The van der Waals surface area contributed by atoms with Crippen LogP contribution in [0.15, 0.2) is 0 Å². The van der Waals surface area contributed by atoms with Gasteiger partial charge in [-0.05, 0) is 44.9 Å². The maximum absolute atomic E-state index is 6.54. The lowest BCUT2D eigenvalue weighted by Gasteiger charge is -2.41. The summed E-state index contributed by atoms with van der Waals surface area (Å²) in [7, 11) is 0. The van der Waals surface area contributed by atoms with Gasteiger partial charge in [-0.3, -0.25) is 4.90 Å². The maximum Gasteiger partial charge on any atom is 0.0710 e. The molecule has 3 fully saturated rings. The van der Waals surface area contributed by atoms with Gasteiger partial charge in [0.15, 0.2) is 0 Å². The first kappa shape index (κ1) is 15.8. The van der Waals surface area contributed by atoms with Crippen LogP contribution in [0.3, 0.4) is 0 Å². The van der Waals surface area contributed by atoms with Crippen LogP contribution in [-0.4, -0.2) is 48.3 Å². The predicted molar refractivity (Wildman–Crippen MR) is 87.6 cm³/mol. The summed E-state index contributed by atoms with van der Waals surface area (Å²) in [5, 5.41) is 3.66. The van der Waals surface area contributed by atoms with Crippen molar-refractivity contribution in [2.75, 3.05) is 19.6 Å². The molecule has 3 aliphatic rings. The molecule has 21 heavy (non-hydrogen) atoms. The van der Waals surface area contributed by atoms with Gasteiger partial charge < -0.3 is 10.1 Å². The molecule has 0 aromatic heterocycles. The molecule has 0 radical (unpaired) electrons. The lowest BCUT2D eigenvalue weighted by molar-refractivity contribution is -0.0556. The SMILES string of the molecule is CC(C)CC1CNC(C)CN1CC1CCC2(CCCC2)O1. The Labute approximate surface area is 130 Å². The van der Waals surface area contributed by atoms with Crippen molar-refractivity contribution in [3.63, 3.8) is 0 Å². The van der Waals surface area contributed by atoms with E-state index in [1.807, 2.05) is 0 Å². The van der Waals surface area contributed by atoms with Crippen LogP contribution >= 0.6 is 0 Å². The zero-order valence-electron chi connectivity index (χ0n) is 14.2. The topological polar surface area (TPSA) is 24.5 Å². The third-order valence-electron chi connectivity index (χ3n) is 5.76. The lowest BCUT2D eigenvalue weighted by atomic mass is 9.97. The van der Waals surface area contributed by atoms with Crippen molar-refractivity contribution in [1.82, 2.24) is 10.2 Å². The molecule has 3 heteroatoms. The highest BCUT2D eigenvalue weighted by Gasteiger charge is 2.43. The van der Waals surface area contributed by atoms with Crippen molar-refractivity contribution in [2.45, 2.75) is 89.5 Å². The summed E-state index contributed by atoms with van der Waals surface area (Å²) in [6, 6.07) is 1.32. The Morgan fingerprint density at radius 1 is 1.24 bits per heavy atom. The van der Waals surface area contributed by atoms with E-state index in [-0.39, 0.29) is 5.60 Å². The Morgan fingerprint density at radius 2 is 2.00 bits per heavy atom. The molecule has 0 bridgehead atoms. The fourth-order valence-corrected chi connectivity index (χ4v) is 4.70. The minimum absolute atomic E-state index is 0.290. The van der Waals surface area contributed by atoms with Crippen LogP contribution in [0.4, 0.5) is 0 Å². The van der Waals surface area contributed by atoms with Crippen molar-refractivity contribution in [3.8, 4) is 0 Å². The van der Waals surface area contributed by atoms with Crippen LogP contribution < -0.4 is 5.32 Å². The Morgan fingerprint density at radius 3 is 2.71 bits per heavy atom. The maximum atomic E-state index is 6.54. The van der Waals surface area contributed by atoms with Crippen molar-refractivity contribution in [1.29, 1.82) is 0 Å². The van der Waals surface area contributed by atoms with E-state index in [9.17, 15) is 0 Å². The molecule has 1 aliphatic carbocycles. The second-order valence-corrected chi connectivity index (χ2v) is 8.22. The first-order valence-corrected chi connectivity index (χ1v) is 9.21. The van der Waals surface area contributed by atoms with E-state index in [0.29, 0.717) is 18.2 Å². The molecule has 1 saturated carbocycles. The van der Waals surface area contributed by atoms with E-state index in [2.05, 4.69) is 31.0 Å². The van der Waals surface area contributed by atoms with Gasteiger partial charge in [-0.25, -0.2) is 0 Å². The molecule has 0 aromatic rings. The molecular formula is C18H34N2O. The van der Waals surface area contributed by atoms with Crippen LogP contribution in [-0.2, 0) is 4.74 Å². The summed E-state index contributed by atoms with van der Waals surface area (Å²) in [5.41, 5.74) is 0.290. The molecule has 1 N–H and O–H groups in total. The molecule has 3 rings (SSSR count). The molecule has 1 spiro atoms. The number of piperazine rings is 1. The van der Waals surface area contributed by atoms with Crippen molar-refractivity contribution < 1.29 is 4.74 Å². The first-order chi connectivity index (χ1) is 10.1. The van der Waals surface area contributed by atoms with Crippen LogP contribution in [0.1, 0.15) is 65.7 Å². The van der Waals surface area contributed by atoms with E-state index in [1.165, 1.54) is 51.5 Å². The van der Waals surface area contributed by atoms with E-state index in [0.717, 1.165) is 19.0 Å². The van der Waals surface area contributed by atoms with Gasteiger partial charge in [-0.15, -0.1) is 0 Å². The zero-order valence-corrected chi connectivity index (χ0v) is 14.2. The van der Waals surface area contributed by atoms with Crippen LogP contribution in [0.25, 0.3) is 0 Å². The number of hydrogen-bond acceptors (Lipinski definition) is 3. The lowest BCUT2D eigenvalue weighted by Crippen LogP contribution is -2.57. The van der Waals surface area contributed by atoms with Gasteiger partial charge >= 0.3 is 0 Å². The monoisotopic (exact) mass is 294 g/mol. The standard InChI is InChI=1S/C18H34N2O/c1-14(2)10-16-11-19-15(3)12-20(16)13-17-6-9-18(21-17)7-4-5-8-18/h14-17,19H,4-13H2,1-3H3. The van der Waals surface area contributed by atoms with Gasteiger partial charge in [0.1, 0.15) is 0 Å². The zero-order chi connectivity index (χ0) is 14.9. The summed E-state index contributed by atoms with van der Waals surface area (Å²) in [5.74, 6) is 0.776. The molecule has 2 saturated heterocycles. The van der Waals surface area contributed by atoms with Gasteiger partial charge in [0.05, 0.1) is 11.7 Å². The highest BCUT2D eigenvalue weighted by Crippen LogP contribution is 2.43. The van der Waals surface area contributed by atoms with Crippen LogP contribution in [0.5, 0.6) is 0 Å². The molecule has 122 valence electrons. The second-order valence-electron chi connectivity index (χ2n) is 8.22. The van der Waals surface area contributed by atoms with E-state index in [4.69, 9.17) is 4.74 Å². The Bertz CT molecular complexity index is 338. The van der Waals surface area contributed by atoms with E-state index in [1.54, 1.807) is 0 Å². The Hall–Kier alpha value is -0.120. The molecule has 0 amide bonds. The molecular weight excluding hydrogens is 260 g/mol. The van der Waals surface area contributed by atoms with Crippen molar-refractivity contribution >= 4 is 0 Å². The van der Waals surface area contributed by atoms with Crippen molar-refractivity contribution in [2.24, 2.45) is 5.92 Å². The highest BCUT2D eigenvalue weighted by atomic mass is 16.5. The smallest absolute Gasteiger partial charge is 0.0710 e. The number of rotatable bonds is 4. The minimum Gasteiger partial charge on any atom is -0.370 e. The van der Waals surface area contributed by atoms with Gasteiger partial charge in [-0.1, -0.05) is 26.7 Å². The fraction of sp³-hybridized carbons (Fsp3) is 1.00. The molecule has 2 aliphatic heterocycles. The average molecular weight is 294 g/mol. The second kappa shape index (κ2) is 6.55. The summed E-state index contributed by atoms with van der Waals surface area (Å²) >= 11 is 0. The highest BCUT2D eigenvalue weighted by molar-refractivity contribution is 4.95. The third kappa shape index (κ3) is 3.80. The third-order valence-corrected chi connectivity index (χ3v) is 5.76. The quantitative estimate of drug-likeness (QED) is 0.862. The van der Waals surface area contributed by atoms with Gasteiger partial charge in [-0.2, -0.15) is 0 Å². The molecule has 0 aromatic carbocycles. The van der Waals surface area contributed by atoms with Gasteiger partial charge in [0.25, 0.3) is 0 Å². The Balaban J connectivity index is 1.56.